The fraction of sp³-hybridized carbons (Fsp3) is 0.278. The highest BCUT2D eigenvalue weighted by Crippen LogP contribution is 2.39. The fourth-order valence-corrected chi connectivity index (χ4v) is 2.34. The van der Waals surface area contributed by atoms with E-state index < -0.39 is 0 Å². The van der Waals surface area contributed by atoms with Crippen molar-refractivity contribution in [3.05, 3.63) is 53.1 Å². The maximum atomic E-state index is 14.7. The second-order valence-electron chi connectivity index (χ2n) is 5.20. The molecule has 0 saturated carbocycles. The van der Waals surface area contributed by atoms with Gasteiger partial charge in [0.2, 0.25) is 0 Å². The van der Waals surface area contributed by atoms with E-state index in [2.05, 4.69) is 4.98 Å². The molecule has 0 amide bonds. The van der Waals surface area contributed by atoms with Crippen LogP contribution in [-0.4, -0.2) is 19.2 Å². The predicted octanol–water partition coefficient (Wildman–Crippen LogP) is 4.53. The van der Waals surface area contributed by atoms with E-state index in [1.165, 1.54) is 7.11 Å². The molecule has 0 atom stereocenters. The molecule has 2 rings (SSSR count). The van der Waals surface area contributed by atoms with E-state index in [1.807, 2.05) is 32.1 Å². The second kappa shape index (κ2) is 7.07. The van der Waals surface area contributed by atoms with Crippen LogP contribution in [0.1, 0.15) is 36.5 Å². The Morgan fingerprint density at radius 2 is 1.77 bits per heavy atom. The molecule has 2 aromatic rings. The Labute approximate surface area is 130 Å². The summed E-state index contributed by atoms with van der Waals surface area (Å²) in [5.74, 6) is 0.585. The lowest BCUT2D eigenvalue weighted by molar-refractivity contribution is 0.362. The van der Waals surface area contributed by atoms with E-state index in [-0.39, 0.29) is 17.5 Å². The maximum absolute atomic E-state index is 14.7. The molecule has 3 nitrogen and oxygen atoms in total. The first-order valence-corrected chi connectivity index (χ1v) is 7.11. The molecule has 0 aliphatic rings. The smallest absolute Gasteiger partial charge is 0.172 e. The lowest BCUT2D eigenvalue weighted by Crippen LogP contribution is -2.03. The van der Waals surface area contributed by atoms with Crippen LogP contribution in [0, 0.1) is 5.82 Å². The number of rotatable bonds is 5. The molecule has 22 heavy (non-hydrogen) atoms. The van der Waals surface area contributed by atoms with Gasteiger partial charge in [-0.15, -0.1) is 0 Å². The molecule has 0 fully saturated rings. The molecular formula is C18H20FNO2. The molecule has 1 aromatic carbocycles. The second-order valence-corrected chi connectivity index (χ2v) is 5.20. The van der Waals surface area contributed by atoms with Crippen molar-refractivity contribution < 1.29 is 13.9 Å². The number of pyridine rings is 1. The molecule has 1 aromatic heterocycles. The van der Waals surface area contributed by atoms with Gasteiger partial charge in [0.15, 0.2) is 11.6 Å². The number of ether oxygens (including phenoxy) is 2. The summed E-state index contributed by atoms with van der Waals surface area (Å²) in [7, 11) is 3.05. The number of hydrogen-bond acceptors (Lipinski definition) is 3. The third kappa shape index (κ3) is 3.27. The van der Waals surface area contributed by atoms with E-state index >= 15 is 0 Å². The van der Waals surface area contributed by atoms with Crippen LogP contribution in [-0.2, 0) is 0 Å². The highest BCUT2D eigenvalue weighted by Gasteiger charge is 2.20. The number of benzene rings is 1. The SMILES string of the molecule is COc1cc(C=Cc2ccncc2)c(F)c(OC)c1C(C)C. The zero-order valence-corrected chi connectivity index (χ0v) is 13.3. The van der Waals surface area contributed by atoms with Gasteiger partial charge in [-0.05, 0) is 29.7 Å². The van der Waals surface area contributed by atoms with Gasteiger partial charge >= 0.3 is 0 Å². The van der Waals surface area contributed by atoms with Crippen molar-refractivity contribution in [3.8, 4) is 11.5 Å². The normalized spacial score (nSPS) is 11.2. The average molecular weight is 301 g/mol. The van der Waals surface area contributed by atoms with Gasteiger partial charge < -0.3 is 9.47 Å². The van der Waals surface area contributed by atoms with Gasteiger partial charge in [0.25, 0.3) is 0 Å². The summed E-state index contributed by atoms with van der Waals surface area (Å²) >= 11 is 0. The first-order chi connectivity index (χ1) is 10.6. The highest BCUT2D eigenvalue weighted by atomic mass is 19.1. The predicted molar refractivity (Wildman–Crippen MR) is 86.8 cm³/mol. The lowest BCUT2D eigenvalue weighted by Gasteiger charge is -2.18. The van der Waals surface area contributed by atoms with Crippen molar-refractivity contribution >= 4 is 12.2 Å². The summed E-state index contributed by atoms with van der Waals surface area (Å²) in [6.45, 7) is 3.96. The molecule has 0 aliphatic carbocycles. The fourth-order valence-electron chi connectivity index (χ4n) is 2.34. The van der Waals surface area contributed by atoms with Gasteiger partial charge in [-0.1, -0.05) is 26.0 Å². The molecule has 1 heterocycles. The molecule has 0 aliphatic heterocycles. The minimum absolute atomic E-state index is 0.0950. The topological polar surface area (TPSA) is 31.4 Å². The lowest BCUT2D eigenvalue weighted by atomic mass is 9.97. The molecule has 0 N–H and O–H groups in total. The van der Waals surface area contributed by atoms with Crippen LogP contribution in [0.4, 0.5) is 4.39 Å². The molecule has 116 valence electrons. The van der Waals surface area contributed by atoms with Crippen molar-refractivity contribution in [2.24, 2.45) is 0 Å². The zero-order valence-electron chi connectivity index (χ0n) is 13.3. The Bertz CT molecular complexity index is 667. The Morgan fingerprint density at radius 1 is 1.09 bits per heavy atom. The zero-order chi connectivity index (χ0) is 16.1. The van der Waals surface area contributed by atoms with E-state index in [9.17, 15) is 4.39 Å². The number of halogens is 1. The van der Waals surface area contributed by atoms with Crippen LogP contribution in [0.15, 0.2) is 30.6 Å². The summed E-state index contributed by atoms with van der Waals surface area (Å²) in [6.07, 6.45) is 6.92. The van der Waals surface area contributed by atoms with E-state index in [0.717, 1.165) is 11.1 Å². The minimum atomic E-state index is -0.377. The average Bonchev–Trinajstić information content (AvgIpc) is 2.53. The molecule has 0 spiro atoms. The maximum Gasteiger partial charge on any atom is 0.172 e. The molecular weight excluding hydrogens is 281 g/mol. The molecule has 0 bridgehead atoms. The number of hydrogen-bond donors (Lipinski definition) is 0. The number of methoxy groups -OCH3 is 2. The number of nitrogens with zero attached hydrogens (tertiary/aromatic N) is 1. The summed E-state index contributed by atoms with van der Waals surface area (Å²) in [5.41, 5.74) is 2.11. The molecule has 0 unspecified atom stereocenters. The third-order valence-corrected chi connectivity index (χ3v) is 3.41. The first kappa shape index (κ1) is 16.0. The Balaban J connectivity index is 2.51. The standard InChI is InChI=1S/C18H20FNO2/c1-12(2)16-15(21-3)11-14(17(19)18(16)22-4)6-5-13-7-9-20-10-8-13/h5-12H,1-4H3. The van der Waals surface area contributed by atoms with Crippen LogP contribution < -0.4 is 9.47 Å². The van der Waals surface area contributed by atoms with Crippen molar-refractivity contribution in [2.45, 2.75) is 19.8 Å². The highest BCUT2D eigenvalue weighted by molar-refractivity contribution is 5.72. The Hall–Kier alpha value is -2.36. The van der Waals surface area contributed by atoms with Gasteiger partial charge in [-0.25, -0.2) is 4.39 Å². The van der Waals surface area contributed by atoms with Crippen LogP contribution in [0.25, 0.3) is 12.2 Å². The number of aromatic nitrogens is 1. The summed E-state index contributed by atoms with van der Waals surface area (Å²) in [4.78, 5) is 3.96. The van der Waals surface area contributed by atoms with Crippen molar-refractivity contribution in [1.29, 1.82) is 0 Å². The van der Waals surface area contributed by atoms with E-state index in [1.54, 1.807) is 31.6 Å². The van der Waals surface area contributed by atoms with E-state index in [0.29, 0.717) is 11.3 Å². The van der Waals surface area contributed by atoms with Crippen LogP contribution >= 0.6 is 0 Å². The molecule has 0 radical (unpaired) electrons. The largest absolute Gasteiger partial charge is 0.496 e. The quantitative estimate of drug-likeness (QED) is 0.813. The van der Waals surface area contributed by atoms with Crippen LogP contribution in [0.5, 0.6) is 11.5 Å². The summed E-state index contributed by atoms with van der Waals surface area (Å²) < 4.78 is 25.3. The summed E-state index contributed by atoms with van der Waals surface area (Å²) in [6, 6.07) is 5.40. The van der Waals surface area contributed by atoms with Crippen LogP contribution in [0.3, 0.4) is 0 Å². The van der Waals surface area contributed by atoms with E-state index in [4.69, 9.17) is 9.47 Å². The van der Waals surface area contributed by atoms with Crippen molar-refractivity contribution in [3.63, 3.8) is 0 Å². The first-order valence-electron chi connectivity index (χ1n) is 7.11. The molecule has 4 heteroatoms. The Morgan fingerprint density at radius 3 is 2.32 bits per heavy atom. The third-order valence-electron chi connectivity index (χ3n) is 3.41. The van der Waals surface area contributed by atoms with Crippen molar-refractivity contribution in [1.82, 2.24) is 4.98 Å². The summed E-state index contributed by atoms with van der Waals surface area (Å²) in [5, 5.41) is 0. The van der Waals surface area contributed by atoms with Gasteiger partial charge in [0.05, 0.1) is 14.2 Å². The minimum Gasteiger partial charge on any atom is -0.496 e. The Kier molecular flexibility index (Phi) is 5.15. The van der Waals surface area contributed by atoms with Gasteiger partial charge in [0, 0.05) is 23.5 Å². The van der Waals surface area contributed by atoms with Gasteiger partial charge in [-0.3, -0.25) is 4.98 Å². The van der Waals surface area contributed by atoms with Crippen molar-refractivity contribution in [2.75, 3.05) is 14.2 Å². The van der Waals surface area contributed by atoms with Gasteiger partial charge in [-0.2, -0.15) is 0 Å². The molecule has 0 saturated heterocycles. The van der Waals surface area contributed by atoms with Crippen LogP contribution in [0.2, 0.25) is 0 Å². The monoisotopic (exact) mass is 301 g/mol. The van der Waals surface area contributed by atoms with Gasteiger partial charge in [0.1, 0.15) is 5.75 Å².